The number of nitrogens with zero attached hydrogens (tertiary/aromatic N) is 2. The number of likely N-dealkylation sites (tertiary alicyclic amines) is 1. The zero-order valence-corrected chi connectivity index (χ0v) is 11.3. The lowest BCUT2D eigenvalue weighted by Crippen LogP contribution is -2.38. The van der Waals surface area contributed by atoms with E-state index in [9.17, 15) is 13.2 Å². The lowest BCUT2D eigenvalue weighted by atomic mass is 10.1. The Morgan fingerprint density at radius 2 is 2.20 bits per heavy atom. The summed E-state index contributed by atoms with van der Waals surface area (Å²) in [6.07, 6.45) is -2.84. The molecule has 0 radical (unpaired) electrons. The molecule has 2 rings (SSSR count). The van der Waals surface area contributed by atoms with Crippen molar-refractivity contribution < 1.29 is 17.9 Å². The van der Waals surface area contributed by atoms with Gasteiger partial charge in [0.05, 0.1) is 0 Å². The SMILES string of the molecule is CN1CCCC(Oc2cc(CN)cc(C(F)(F)F)n2)C1. The zero-order chi connectivity index (χ0) is 14.8. The third kappa shape index (κ3) is 3.83. The predicted molar refractivity (Wildman–Crippen MR) is 68.3 cm³/mol. The molecule has 1 aromatic rings. The van der Waals surface area contributed by atoms with Crippen LogP contribution in [0.25, 0.3) is 0 Å². The van der Waals surface area contributed by atoms with Gasteiger partial charge in [-0.3, -0.25) is 0 Å². The second-order valence-electron chi connectivity index (χ2n) is 5.05. The van der Waals surface area contributed by atoms with Crippen LogP contribution in [0.15, 0.2) is 12.1 Å². The number of hydrogen-bond donors (Lipinski definition) is 1. The van der Waals surface area contributed by atoms with Crippen LogP contribution in [0.2, 0.25) is 0 Å². The van der Waals surface area contributed by atoms with Crippen LogP contribution < -0.4 is 10.5 Å². The maximum Gasteiger partial charge on any atom is 0.433 e. The van der Waals surface area contributed by atoms with E-state index in [0.29, 0.717) is 12.1 Å². The molecule has 2 N–H and O–H groups in total. The molecule has 2 heterocycles. The van der Waals surface area contributed by atoms with E-state index in [0.717, 1.165) is 25.5 Å². The number of piperidine rings is 1. The highest BCUT2D eigenvalue weighted by Gasteiger charge is 2.33. The van der Waals surface area contributed by atoms with Crippen molar-refractivity contribution in [2.24, 2.45) is 5.73 Å². The minimum Gasteiger partial charge on any atom is -0.473 e. The van der Waals surface area contributed by atoms with E-state index < -0.39 is 11.9 Å². The molecule has 7 heteroatoms. The Bertz CT molecular complexity index is 465. The maximum absolute atomic E-state index is 12.8. The molecule has 0 amide bonds. The largest absolute Gasteiger partial charge is 0.473 e. The van der Waals surface area contributed by atoms with Gasteiger partial charge in [-0.05, 0) is 38.1 Å². The van der Waals surface area contributed by atoms with E-state index in [-0.39, 0.29) is 18.5 Å². The van der Waals surface area contributed by atoms with Crippen molar-refractivity contribution in [3.63, 3.8) is 0 Å². The molecule has 112 valence electrons. The Labute approximate surface area is 115 Å². The van der Waals surface area contributed by atoms with E-state index in [1.54, 1.807) is 0 Å². The van der Waals surface area contributed by atoms with Gasteiger partial charge in [-0.1, -0.05) is 0 Å². The lowest BCUT2D eigenvalue weighted by molar-refractivity contribution is -0.141. The van der Waals surface area contributed by atoms with Gasteiger partial charge in [-0.15, -0.1) is 0 Å². The van der Waals surface area contributed by atoms with Crippen LogP contribution >= 0.6 is 0 Å². The molecule has 1 unspecified atom stereocenters. The highest BCUT2D eigenvalue weighted by molar-refractivity contribution is 5.26. The molecule has 1 fully saturated rings. The summed E-state index contributed by atoms with van der Waals surface area (Å²) in [6.45, 7) is 1.69. The Morgan fingerprint density at radius 3 is 2.80 bits per heavy atom. The van der Waals surface area contributed by atoms with E-state index in [1.165, 1.54) is 6.07 Å². The van der Waals surface area contributed by atoms with Crippen LogP contribution in [-0.2, 0) is 12.7 Å². The first kappa shape index (κ1) is 15.1. The maximum atomic E-state index is 12.8. The van der Waals surface area contributed by atoms with Gasteiger partial charge in [0, 0.05) is 19.2 Å². The first-order chi connectivity index (χ1) is 9.38. The molecule has 1 atom stereocenters. The van der Waals surface area contributed by atoms with Crippen molar-refractivity contribution >= 4 is 0 Å². The van der Waals surface area contributed by atoms with Crippen molar-refractivity contribution in [3.8, 4) is 5.88 Å². The van der Waals surface area contributed by atoms with Crippen LogP contribution in [-0.4, -0.2) is 36.1 Å². The fourth-order valence-electron chi connectivity index (χ4n) is 2.27. The summed E-state index contributed by atoms with van der Waals surface area (Å²) in [5.41, 5.74) is 4.84. The topological polar surface area (TPSA) is 51.4 Å². The molecular weight excluding hydrogens is 271 g/mol. The van der Waals surface area contributed by atoms with Crippen LogP contribution in [0.1, 0.15) is 24.1 Å². The number of pyridine rings is 1. The molecule has 1 saturated heterocycles. The van der Waals surface area contributed by atoms with Gasteiger partial charge < -0.3 is 15.4 Å². The summed E-state index contributed by atoms with van der Waals surface area (Å²) in [5, 5.41) is 0. The van der Waals surface area contributed by atoms with Gasteiger partial charge in [0.2, 0.25) is 5.88 Å². The Morgan fingerprint density at radius 1 is 1.45 bits per heavy atom. The number of nitrogens with two attached hydrogens (primary N) is 1. The van der Waals surface area contributed by atoms with E-state index in [1.807, 2.05) is 7.05 Å². The molecule has 4 nitrogen and oxygen atoms in total. The normalized spacial score (nSPS) is 20.9. The second-order valence-corrected chi connectivity index (χ2v) is 5.05. The van der Waals surface area contributed by atoms with Crippen LogP contribution in [0.4, 0.5) is 13.2 Å². The third-order valence-electron chi connectivity index (χ3n) is 3.26. The Kier molecular flexibility index (Phi) is 4.49. The number of halogens is 3. The van der Waals surface area contributed by atoms with Gasteiger partial charge in [0.25, 0.3) is 0 Å². The summed E-state index contributed by atoms with van der Waals surface area (Å²) < 4.78 is 43.9. The number of alkyl halides is 3. The first-order valence-corrected chi connectivity index (χ1v) is 6.52. The Balaban J connectivity index is 2.18. The summed E-state index contributed by atoms with van der Waals surface area (Å²) >= 11 is 0. The second kappa shape index (κ2) is 5.97. The van der Waals surface area contributed by atoms with Gasteiger partial charge >= 0.3 is 6.18 Å². The minimum absolute atomic E-state index is 0.000532. The van der Waals surface area contributed by atoms with Crippen LogP contribution in [0.5, 0.6) is 5.88 Å². The summed E-state index contributed by atoms with van der Waals surface area (Å²) in [6, 6.07) is 2.43. The smallest absolute Gasteiger partial charge is 0.433 e. The molecule has 20 heavy (non-hydrogen) atoms. The molecule has 0 aromatic carbocycles. The summed E-state index contributed by atoms with van der Waals surface area (Å²) in [4.78, 5) is 5.64. The van der Waals surface area contributed by atoms with Gasteiger partial charge in [0.15, 0.2) is 0 Å². The molecule has 1 aliphatic heterocycles. The number of likely N-dealkylation sites (N-methyl/N-ethyl adjacent to an activating group) is 1. The average molecular weight is 289 g/mol. The van der Waals surface area contributed by atoms with Gasteiger partial charge in [0.1, 0.15) is 11.8 Å². The van der Waals surface area contributed by atoms with Crippen molar-refractivity contribution in [1.29, 1.82) is 0 Å². The molecule has 0 aliphatic carbocycles. The highest BCUT2D eigenvalue weighted by atomic mass is 19.4. The monoisotopic (exact) mass is 289 g/mol. The molecule has 0 bridgehead atoms. The minimum atomic E-state index is -4.49. The van der Waals surface area contributed by atoms with Gasteiger partial charge in [-0.2, -0.15) is 13.2 Å². The number of ether oxygens (including phenoxy) is 1. The molecular formula is C13H18F3N3O. The number of aromatic nitrogens is 1. The fourth-order valence-corrected chi connectivity index (χ4v) is 2.27. The lowest BCUT2D eigenvalue weighted by Gasteiger charge is -2.29. The van der Waals surface area contributed by atoms with E-state index in [2.05, 4.69) is 9.88 Å². The standard InChI is InChI=1S/C13H18F3N3O/c1-19-4-2-3-10(8-19)20-12-6-9(7-17)5-11(18-12)13(14,15)16/h5-6,10H,2-4,7-8,17H2,1H3. The fraction of sp³-hybridized carbons (Fsp3) is 0.615. The number of hydrogen-bond acceptors (Lipinski definition) is 4. The molecule has 0 saturated carbocycles. The molecule has 0 spiro atoms. The van der Waals surface area contributed by atoms with E-state index in [4.69, 9.17) is 10.5 Å². The zero-order valence-electron chi connectivity index (χ0n) is 11.3. The average Bonchev–Trinajstić information content (AvgIpc) is 2.37. The van der Waals surface area contributed by atoms with Crippen LogP contribution in [0.3, 0.4) is 0 Å². The van der Waals surface area contributed by atoms with Crippen molar-refractivity contribution in [1.82, 2.24) is 9.88 Å². The quantitative estimate of drug-likeness (QED) is 0.925. The molecule has 1 aromatic heterocycles. The molecule has 1 aliphatic rings. The van der Waals surface area contributed by atoms with E-state index >= 15 is 0 Å². The van der Waals surface area contributed by atoms with Crippen molar-refractivity contribution in [3.05, 3.63) is 23.4 Å². The first-order valence-electron chi connectivity index (χ1n) is 6.52. The summed E-state index contributed by atoms with van der Waals surface area (Å²) in [5.74, 6) is 0.000532. The highest BCUT2D eigenvalue weighted by Crippen LogP contribution is 2.30. The van der Waals surface area contributed by atoms with Crippen molar-refractivity contribution in [2.45, 2.75) is 31.7 Å². The third-order valence-corrected chi connectivity index (χ3v) is 3.26. The summed E-state index contributed by atoms with van der Waals surface area (Å²) in [7, 11) is 1.96. The predicted octanol–water partition coefficient (Wildman–Crippen LogP) is 2.03. The Hall–Kier alpha value is -1.34. The number of rotatable bonds is 3. The van der Waals surface area contributed by atoms with Gasteiger partial charge in [-0.25, -0.2) is 4.98 Å². The van der Waals surface area contributed by atoms with Crippen molar-refractivity contribution in [2.75, 3.05) is 20.1 Å². The van der Waals surface area contributed by atoms with Crippen LogP contribution in [0, 0.1) is 0 Å².